The standard InChI is InChI=1S/C19H22N4O2S/c24-17-5-2-7-23(17)14-15-3-1-4-16(13-15)18(25)21-8-10-22(11-9-21)19-20-6-12-26-19/h1,3-4,6,12-13H,2,5,7-11,14H2. The Labute approximate surface area is 157 Å². The van der Waals surface area contributed by atoms with Crippen molar-refractivity contribution in [2.45, 2.75) is 19.4 Å². The maximum Gasteiger partial charge on any atom is 0.253 e. The van der Waals surface area contributed by atoms with Crippen molar-refractivity contribution >= 4 is 28.3 Å². The minimum atomic E-state index is 0.0680. The van der Waals surface area contributed by atoms with Crippen LogP contribution in [0.1, 0.15) is 28.8 Å². The normalized spacial score (nSPS) is 17.8. The number of thiazole rings is 1. The molecule has 4 rings (SSSR count). The van der Waals surface area contributed by atoms with E-state index in [1.165, 1.54) is 0 Å². The average Bonchev–Trinajstić information content (AvgIpc) is 3.34. The molecule has 0 radical (unpaired) electrons. The third-order valence-corrected chi connectivity index (χ3v) is 5.81. The molecular weight excluding hydrogens is 348 g/mol. The molecule has 3 heterocycles. The summed E-state index contributed by atoms with van der Waals surface area (Å²) in [6.45, 7) is 4.43. The van der Waals surface area contributed by atoms with Crippen LogP contribution in [0.4, 0.5) is 5.13 Å². The molecule has 0 N–H and O–H groups in total. The van der Waals surface area contributed by atoms with Crippen LogP contribution in [0.25, 0.3) is 0 Å². The van der Waals surface area contributed by atoms with Crippen LogP contribution in [0.2, 0.25) is 0 Å². The zero-order valence-corrected chi connectivity index (χ0v) is 15.5. The minimum Gasteiger partial charge on any atom is -0.345 e. The highest BCUT2D eigenvalue weighted by Gasteiger charge is 2.24. The lowest BCUT2D eigenvalue weighted by Gasteiger charge is -2.34. The third-order valence-electron chi connectivity index (χ3n) is 4.98. The number of hydrogen-bond donors (Lipinski definition) is 0. The van der Waals surface area contributed by atoms with Crippen LogP contribution in [0.15, 0.2) is 35.8 Å². The van der Waals surface area contributed by atoms with Crippen molar-refractivity contribution < 1.29 is 9.59 Å². The van der Waals surface area contributed by atoms with Crippen molar-refractivity contribution in [2.24, 2.45) is 0 Å². The van der Waals surface area contributed by atoms with Gasteiger partial charge in [-0.25, -0.2) is 4.98 Å². The number of hydrogen-bond acceptors (Lipinski definition) is 5. The van der Waals surface area contributed by atoms with Gasteiger partial charge in [0.15, 0.2) is 5.13 Å². The smallest absolute Gasteiger partial charge is 0.253 e. The Morgan fingerprint density at radius 1 is 1.15 bits per heavy atom. The van der Waals surface area contributed by atoms with Gasteiger partial charge >= 0.3 is 0 Å². The van der Waals surface area contributed by atoms with E-state index in [1.807, 2.05) is 45.6 Å². The Morgan fingerprint density at radius 2 is 2.00 bits per heavy atom. The fraction of sp³-hybridized carbons (Fsp3) is 0.421. The summed E-state index contributed by atoms with van der Waals surface area (Å²) in [5, 5.41) is 3.00. The summed E-state index contributed by atoms with van der Waals surface area (Å²) >= 11 is 1.63. The molecule has 136 valence electrons. The van der Waals surface area contributed by atoms with Gasteiger partial charge in [0.25, 0.3) is 5.91 Å². The van der Waals surface area contributed by atoms with Gasteiger partial charge in [-0.3, -0.25) is 9.59 Å². The van der Waals surface area contributed by atoms with E-state index in [2.05, 4.69) is 9.88 Å². The fourth-order valence-electron chi connectivity index (χ4n) is 3.55. The van der Waals surface area contributed by atoms with Gasteiger partial charge in [-0.2, -0.15) is 0 Å². The number of carbonyl (C=O) groups is 2. The zero-order valence-electron chi connectivity index (χ0n) is 14.6. The Morgan fingerprint density at radius 3 is 2.69 bits per heavy atom. The Bertz CT molecular complexity index is 785. The summed E-state index contributed by atoms with van der Waals surface area (Å²) in [4.78, 5) is 35.0. The van der Waals surface area contributed by atoms with E-state index in [0.717, 1.165) is 36.8 Å². The predicted octanol–water partition coefficient (Wildman–Crippen LogP) is 2.23. The van der Waals surface area contributed by atoms with Crippen LogP contribution in [-0.2, 0) is 11.3 Å². The first-order valence-electron chi connectivity index (χ1n) is 9.01. The van der Waals surface area contributed by atoms with E-state index in [1.54, 1.807) is 11.3 Å². The van der Waals surface area contributed by atoms with Crippen LogP contribution in [0.3, 0.4) is 0 Å². The molecule has 7 heteroatoms. The molecule has 2 saturated heterocycles. The first kappa shape index (κ1) is 17.0. The second-order valence-corrected chi connectivity index (χ2v) is 7.59. The summed E-state index contributed by atoms with van der Waals surface area (Å²) in [5.74, 6) is 0.276. The van der Waals surface area contributed by atoms with E-state index in [9.17, 15) is 9.59 Å². The SMILES string of the molecule is O=C1CCCN1Cc1cccc(C(=O)N2CCN(c3nccs3)CC2)c1. The van der Waals surface area contributed by atoms with Crippen molar-refractivity contribution in [1.29, 1.82) is 0 Å². The number of likely N-dealkylation sites (tertiary alicyclic amines) is 1. The van der Waals surface area contributed by atoms with E-state index < -0.39 is 0 Å². The lowest BCUT2D eigenvalue weighted by atomic mass is 10.1. The van der Waals surface area contributed by atoms with Crippen LogP contribution < -0.4 is 4.90 Å². The van der Waals surface area contributed by atoms with Crippen molar-refractivity contribution in [3.63, 3.8) is 0 Å². The summed E-state index contributed by atoms with van der Waals surface area (Å²) in [7, 11) is 0. The van der Waals surface area contributed by atoms with Crippen LogP contribution in [0.5, 0.6) is 0 Å². The zero-order chi connectivity index (χ0) is 17.9. The molecule has 2 amide bonds. The van der Waals surface area contributed by atoms with Gasteiger partial charge in [-0.1, -0.05) is 12.1 Å². The highest BCUT2D eigenvalue weighted by atomic mass is 32.1. The number of aromatic nitrogens is 1. The van der Waals surface area contributed by atoms with Gasteiger partial charge in [0.1, 0.15) is 0 Å². The highest BCUT2D eigenvalue weighted by Crippen LogP contribution is 2.20. The molecule has 0 aliphatic carbocycles. The molecule has 6 nitrogen and oxygen atoms in total. The molecule has 1 aromatic carbocycles. The molecule has 26 heavy (non-hydrogen) atoms. The summed E-state index contributed by atoms with van der Waals surface area (Å²) < 4.78 is 0. The molecule has 2 fully saturated rings. The third kappa shape index (κ3) is 3.58. The molecule has 0 spiro atoms. The lowest BCUT2D eigenvalue weighted by Crippen LogP contribution is -2.48. The van der Waals surface area contributed by atoms with Crippen molar-refractivity contribution in [1.82, 2.24) is 14.8 Å². The van der Waals surface area contributed by atoms with Gasteiger partial charge in [-0.15, -0.1) is 11.3 Å². The maximum absolute atomic E-state index is 12.9. The largest absolute Gasteiger partial charge is 0.345 e. The molecule has 0 atom stereocenters. The van der Waals surface area contributed by atoms with Crippen LogP contribution in [-0.4, -0.2) is 59.3 Å². The fourth-order valence-corrected chi connectivity index (χ4v) is 4.25. The predicted molar refractivity (Wildman–Crippen MR) is 101 cm³/mol. The average molecular weight is 370 g/mol. The molecule has 1 aromatic heterocycles. The van der Waals surface area contributed by atoms with Crippen molar-refractivity contribution in [2.75, 3.05) is 37.6 Å². The van der Waals surface area contributed by atoms with Crippen molar-refractivity contribution in [3.8, 4) is 0 Å². The van der Waals surface area contributed by atoms with Crippen molar-refractivity contribution in [3.05, 3.63) is 47.0 Å². The molecule has 2 aliphatic rings. The number of anilines is 1. The Hall–Kier alpha value is -2.41. The minimum absolute atomic E-state index is 0.0680. The van der Waals surface area contributed by atoms with E-state index in [4.69, 9.17) is 0 Å². The first-order chi connectivity index (χ1) is 12.7. The molecule has 0 bridgehead atoms. The van der Waals surface area contributed by atoms with E-state index >= 15 is 0 Å². The quantitative estimate of drug-likeness (QED) is 0.828. The number of nitrogens with zero attached hydrogens (tertiary/aromatic N) is 4. The molecule has 2 aliphatic heterocycles. The summed E-state index contributed by atoms with van der Waals surface area (Å²) in [6, 6.07) is 7.70. The van der Waals surface area contributed by atoms with Gasteiger partial charge in [0, 0.05) is 62.8 Å². The number of carbonyl (C=O) groups excluding carboxylic acids is 2. The maximum atomic E-state index is 12.9. The number of amides is 2. The first-order valence-corrected chi connectivity index (χ1v) is 9.89. The molecule has 0 unspecified atom stereocenters. The Kier molecular flexibility index (Phi) is 4.88. The van der Waals surface area contributed by atoms with Gasteiger partial charge in [0.2, 0.25) is 5.91 Å². The summed E-state index contributed by atoms with van der Waals surface area (Å²) in [5.41, 5.74) is 1.73. The molecular formula is C19H22N4O2S. The van der Waals surface area contributed by atoms with Gasteiger partial charge in [0.05, 0.1) is 0 Å². The summed E-state index contributed by atoms with van der Waals surface area (Å²) in [6.07, 6.45) is 3.39. The molecule has 2 aromatic rings. The lowest BCUT2D eigenvalue weighted by molar-refractivity contribution is -0.128. The van der Waals surface area contributed by atoms with Crippen LogP contribution in [0, 0.1) is 0 Å². The number of rotatable bonds is 4. The number of benzene rings is 1. The number of piperazine rings is 1. The topological polar surface area (TPSA) is 56.8 Å². The van der Waals surface area contributed by atoms with E-state index in [-0.39, 0.29) is 11.8 Å². The van der Waals surface area contributed by atoms with Gasteiger partial charge < -0.3 is 14.7 Å². The Balaban J connectivity index is 1.39. The highest BCUT2D eigenvalue weighted by molar-refractivity contribution is 7.13. The monoisotopic (exact) mass is 370 g/mol. The molecule has 0 saturated carbocycles. The second-order valence-electron chi connectivity index (χ2n) is 6.71. The van der Waals surface area contributed by atoms with Gasteiger partial charge in [-0.05, 0) is 24.1 Å². The second kappa shape index (κ2) is 7.45. The van der Waals surface area contributed by atoms with Crippen LogP contribution >= 0.6 is 11.3 Å². The van der Waals surface area contributed by atoms with E-state index in [0.29, 0.717) is 31.6 Å².